The summed E-state index contributed by atoms with van der Waals surface area (Å²) in [5, 5.41) is 3.89. The topological polar surface area (TPSA) is 35.6 Å². The highest BCUT2D eigenvalue weighted by Crippen LogP contribution is 2.20. The number of benzene rings is 1. The maximum absolute atomic E-state index is 12.4. The van der Waals surface area contributed by atoms with Crippen LogP contribution in [0.4, 0.5) is 10.5 Å². The van der Waals surface area contributed by atoms with E-state index >= 15 is 0 Å². The summed E-state index contributed by atoms with van der Waals surface area (Å²) in [6.07, 6.45) is 3.44. The quantitative estimate of drug-likeness (QED) is 0.825. The third-order valence-electron chi connectivity index (χ3n) is 4.53. The Hall–Kier alpha value is -1.42. The first kappa shape index (κ1) is 18.9. The minimum Gasteiger partial charge on any atom is -0.368 e. The van der Waals surface area contributed by atoms with E-state index in [1.54, 1.807) is 0 Å². The summed E-state index contributed by atoms with van der Waals surface area (Å²) in [4.78, 5) is 16.6. The molecule has 1 atom stereocenters. The fourth-order valence-corrected chi connectivity index (χ4v) is 3.23. The van der Waals surface area contributed by atoms with Gasteiger partial charge in [-0.05, 0) is 37.5 Å². The number of anilines is 1. The Morgan fingerprint density at radius 1 is 1.17 bits per heavy atom. The first-order valence-corrected chi connectivity index (χ1v) is 9.39. The van der Waals surface area contributed by atoms with Crippen LogP contribution in [0.5, 0.6) is 0 Å². The van der Waals surface area contributed by atoms with Crippen LogP contribution in [0.15, 0.2) is 24.3 Å². The molecule has 1 N–H and O–H groups in total. The molecule has 1 aliphatic heterocycles. The van der Waals surface area contributed by atoms with Crippen molar-refractivity contribution in [2.75, 3.05) is 31.1 Å². The third-order valence-corrected chi connectivity index (χ3v) is 4.76. The molecule has 1 fully saturated rings. The molecule has 2 amide bonds. The lowest BCUT2D eigenvalue weighted by atomic mass is 10.0. The van der Waals surface area contributed by atoms with Gasteiger partial charge in [-0.3, -0.25) is 0 Å². The predicted octanol–water partition coefficient (Wildman–Crippen LogP) is 4.39. The van der Waals surface area contributed by atoms with Crippen molar-refractivity contribution >= 4 is 23.3 Å². The van der Waals surface area contributed by atoms with Gasteiger partial charge in [0.2, 0.25) is 0 Å². The molecule has 4 nitrogen and oxygen atoms in total. The van der Waals surface area contributed by atoms with Crippen LogP contribution in [0.1, 0.15) is 40.0 Å². The van der Waals surface area contributed by atoms with Gasteiger partial charge < -0.3 is 15.1 Å². The number of carbonyl (C=O) groups is 1. The zero-order valence-electron chi connectivity index (χ0n) is 15.1. The summed E-state index contributed by atoms with van der Waals surface area (Å²) in [5.41, 5.74) is 1.13. The fraction of sp³-hybridized carbons (Fsp3) is 0.632. The van der Waals surface area contributed by atoms with Crippen LogP contribution in [0, 0.1) is 5.92 Å². The molecular weight excluding hydrogens is 322 g/mol. The lowest BCUT2D eigenvalue weighted by Crippen LogP contribution is -2.53. The van der Waals surface area contributed by atoms with E-state index < -0.39 is 0 Å². The number of nitrogens with zero attached hydrogens (tertiary/aromatic N) is 2. The van der Waals surface area contributed by atoms with Crippen molar-refractivity contribution in [1.29, 1.82) is 0 Å². The van der Waals surface area contributed by atoms with Gasteiger partial charge in [0.15, 0.2) is 0 Å². The van der Waals surface area contributed by atoms with Crippen LogP contribution in [-0.2, 0) is 0 Å². The number of urea groups is 1. The number of halogens is 1. The zero-order chi connectivity index (χ0) is 17.5. The summed E-state index contributed by atoms with van der Waals surface area (Å²) in [5.74, 6) is 0.729. The van der Waals surface area contributed by atoms with Gasteiger partial charge in [-0.15, -0.1) is 0 Å². The first-order chi connectivity index (χ1) is 11.5. The Kier molecular flexibility index (Phi) is 7.22. The average molecular weight is 352 g/mol. The lowest BCUT2D eigenvalue weighted by molar-refractivity contribution is 0.190. The van der Waals surface area contributed by atoms with Gasteiger partial charge in [0.1, 0.15) is 0 Å². The Balaban J connectivity index is 1.74. The molecule has 1 saturated heterocycles. The molecule has 5 heteroatoms. The number of piperazine rings is 1. The molecule has 0 saturated carbocycles. The molecule has 1 aliphatic rings. The van der Waals surface area contributed by atoms with Gasteiger partial charge in [0.05, 0.1) is 0 Å². The van der Waals surface area contributed by atoms with E-state index in [0.717, 1.165) is 49.2 Å². The molecule has 134 valence electrons. The van der Waals surface area contributed by atoms with E-state index in [1.165, 1.54) is 12.8 Å². The molecule has 24 heavy (non-hydrogen) atoms. The second kappa shape index (κ2) is 9.16. The number of carbonyl (C=O) groups excluding carboxylic acids is 1. The van der Waals surface area contributed by atoms with Gasteiger partial charge in [-0.2, -0.15) is 0 Å². The van der Waals surface area contributed by atoms with Crippen LogP contribution in [0.2, 0.25) is 5.02 Å². The van der Waals surface area contributed by atoms with E-state index in [9.17, 15) is 4.79 Å². The molecule has 1 aromatic carbocycles. The van der Waals surface area contributed by atoms with Gasteiger partial charge in [0.25, 0.3) is 0 Å². The highest BCUT2D eigenvalue weighted by Gasteiger charge is 2.22. The molecule has 1 heterocycles. The minimum atomic E-state index is 0.0674. The minimum absolute atomic E-state index is 0.0674. The summed E-state index contributed by atoms with van der Waals surface area (Å²) < 4.78 is 0. The van der Waals surface area contributed by atoms with Gasteiger partial charge in [0, 0.05) is 42.9 Å². The second-order valence-corrected chi connectivity index (χ2v) is 7.57. The molecule has 2 rings (SSSR count). The van der Waals surface area contributed by atoms with Crippen molar-refractivity contribution in [3.63, 3.8) is 0 Å². The zero-order valence-corrected chi connectivity index (χ0v) is 15.9. The predicted molar refractivity (Wildman–Crippen MR) is 102 cm³/mol. The van der Waals surface area contributed by atoms with Crippen molar-refractivity contribution < 1.29 is 4.79 Å². The summed E-state index contributed by atoms with van der Waals surface area (Å²) in [6.45, 7) is 9.75. The average Bonchev–Trinajstić information content (AvgIpc) is 2.54. The smallest absolute Gasteiger partial charge is 0.317 e. The molecule has 1 aromatic rings. The Bertz CT molecular complexity index is 527. The maximum atomic E-state index is 12.4. The van der Waals surface area contributed by atoms with Crippen LogP contribution < -0.4 is 10.2 Å². The molecule has 0 aliphatic carbocycles. The van der Waals surface area contributed by atoms with Crippen molar-refractivity contribution in [3.05, 3.63) is 29.3 Å². The summed E-state index contributed by atoms with van der Waals surface area (Å²) in [7, 11) is 0. The van der Waals surface area contributed by atoms with E-state index in [-0.39, 0.29) is 12.1 Å². The first-order valence-electron chi connectivity index (χ1n) is 9.01. The molecule has 1 unspecified atom stereocenters. The maximum Gasteiger partial charge on any atom is 0.317 e. The van der Waals surface area contributed by atoms with Crippen molar-refractivity contribution in [2.45, 2.75) is 46.1 Å². The number of hydrogen-bond acceptors (Lipinski definition) is 2. The van der Waals surface area contributed by atoms with Crippen LogP contribution in [-0.4, -0.2) is 43.2 Å². The van der Waals surface area contributed by atoms with E-state index in [1.807, 2.05) is 23.1 Å². The molecule has 0 bridgehead atoms. The molecule has 0 radical (unpaired) electrons. The standard InChI is InChI=1S/C19H30ClN3O/c1-15(2)6-4-7-16(3)21-19(24)23-12-10-22(11-13-23)18-9-5-8-17(20)14-18/h5,8-9,14-16H,4,6-7,10-13H2,1-3H3,(H,21,24). The van der Waals surface area contributed by atoms with Gasteiger partial charge in [-0.1, -0.05) is 44.4 Å². The van der Waals surface area contributed by atoms with E-state index in [2.05, 4.69) is 37.1 Å². The monoisotopic (exact) mass is 351 g/mol. The van der Waals surface area contributed by atoms with Gasteiger partial charge >= 0.3 is 6.03 Å². The third kappa shape index (κ3) is 5.90. The number of hydrogen-bond donors (Lipinski definition) is 1. The van der Waals surface area contributed by atoms with Crippen molar-refractivity contribution in [2.24, 2.45) is 5.92 Å². The Morgan fingerprint density at radius 2 is 1.88 bits per heavy atom. The van der Waals surface area contributed by atoms with Gasteiger partial charge in [-0.25, -0.2) is 4.79 Å². The van der Waals surface area contributed by atoms with Crippen LogP contribution in [0.3, 0.4) is 0 Å². The Labute approximate surface area is 151 Å². The lowest BCUT2D eigenvalue weighted by Gasteiger charge is -2.36. The summed E-state index contributed by atoms with van der Waals surface area (Å²) >= 11 is 6.06. The highest BCUT2D eigenvalue weighted by molar-refractivity contribution is 6.30. The van der Waals surface area contributed by atoms with Crippen molar-refractivity contribution in [3.8, 4) is 0 Å². The summed E-state index contributed by atoms with van der Waals surface area (Å²) in [6, 6.07) is 8.21. The van der Waals surface area contributed by atoms with E-state index in [0.29, 0.717) is 0 Å². The van der Waals surface area contributed by atoms with Crippen molar-refractivity contribution in [1.82, 2.24) is 10.2 Å². The molecular formula is C19H30ClN3O. The van der Waals surface area contributed by atoms with E-state index in [4.69, 9.17) is 11.6 Å². The fourth-order valence-electron chi connectivity index (χ4n) is 3.05. The second-order valence-electron chi connectivity index (χ2n) is 7.13. The SMILES string of the molecule is CC(C)CCCC(C)NC(=O)N1CCN(c2cccc(Cl)c2)CC1. The molecule has 0 spiro atoms. The normalized spacial score (nSPS) is 16.4. The Morgan fingerprint density at radius 3 is 2.50 bits per heavy atom. The van der Waals surface area contributed by atoms with Crippen LogP contribution in [0.25, 0.3) is 0 Å². The number of nitrogens with one attached hydrogen (secondary N) is 1. The highest BCUT2D eigenvalue weighted by atomic mass is 35.5. The number of rotatable bonds is 6. The largest absolute Gasteiger partial charge is 0.368 e. The molecule has 0 aromatic heterocycles. The number of amides is 2. The van der Waals surface area contributed by atoms with Crippen LogP contribution >= 0.6 is 11.6 Å².